The summed E-state index contributed by atoms with van der Waals surface area (Å²) >= 11 is 0. The van der Waals surface area contributed by atoms with E-state index in [0.717, 1.165) is 38.6 Å². The van der Waals surface area contributed by atoms with Crippen molar-refractivity contribution in [1.82, 2.24) is 5.32 Å². The summed E-state index contributed by atoms with van der Waals surface area (Å²) in [6.45, 7) is 3.14. The van der Waals surface area contributed by atoms with Crippen LogP contribution < -0.4 is 5.32 Å². The molecule has 159 valence electrons. The molecule has 0 aromatic carbocycles. The largest absolute Gasteiger partial charge is 0.445 e. The highest BCUT2D eigenvalue weighted by Gasteiger charge is 2.17. The lowest BCUT2D eigenvalue weighted by atomic mass is 10.0. The number of carbonyl (C=O) groups is 1. The van der Waals surface area contributed by atoms with Crippen LogP contribution in [0.3, 0.4) is 0 Å². The summed E-state index contributed by atoms with van der Waals surface area (Å²) < 4.78 is 5.41. The summed E-state index contributed by atoms with van der Waals surface area (Å²) in [4.78, 5) is 11.8. The Bertz CT molecular complexity index is 326. The van der Waals surface area contributed by atoms with Crippen LogP contribution >= 0.6 is 0 Å². The highest BCUT2D eigenvalue weighted by molar-refractivity contribution is 5.69. The molecule has 3 heteroatoms. The van der Waals surface area contributed by atoms with Crippen LogP contribution in [-0.2, 0) is 9.53 Å². The van der Waals surface area contributed by atoms with E-state index in [2.05, 4.69) is 12.2 Å². The first kappa shape index (κ1) is 24.5. The summed E-state index contributed by atoms with van der Waals surface area (Å²) in [5.74, 6) is -0.0454. The van der Waals surface area contributed by atoms with Crippen molar-refractivity contribution >= 4 is 5.97 Å². The number of ether oxygens (including phenoxy) is 1. The van der Waals surface area contributed by atoms with Gasteiger partial charge in [0.2, 0.25) is 0 Å². The highest BCUT2D eigenvalue weighted by atomic mass is 16.6. The number of esters is 1. The minimum Gasteiger partial charge on any atom is -0.445 e. The molecule has 0 amide bonds. The quantitative estimate of drug-likeness (QED) is 0.185. The van der Waals surface area contributed by atoms with Crippen molar-refractivity contribution in [3.8, 4) is 0 Å². The van der Waals surface area contributed by atoms with E-state index in [1.807, 2.05) is 0 Å². The number of piperidine rings is 1. The average Bonchev–Trinajstić information content (AvgIpc) is 2.68. The number of nitrogens with zero attached hydrogens (tertiary/aromatic N) is 1. The maximum Gasteiger partial charge on any atom is 0.307 e. The Balaban J connectivity index is 1.72. The van der Waals surface area contributed by atoms with Crippen molar-refractivity contribution in [3.63, 3.8) is 0 Å². The van der Waals surface area contributed by atoms with Crippen LogP contribution in [0.5, 0.6) is 0 Å². The van der Waals surface area contributed by atoms with Crippen LogP contribution in [0, 0.1) is 0 Å². The Kier molecular flexibility index (Phi) is 17.0. The summed E-state index contributed by atoms with van der Waals surface area (Å²) in [7, 11) is 0. The van der Waals surface area contributed by atoms with Gasteiger partial charge in [-0.05, 0) is 25.7 Å². The molecule has 0 bridgehead atoms. The van der Waals surface area contributed by atoms with Gasteiger partial charge in [0, 0.05) is 13.0 Å². The van der Waals surface area contributed by atoms with Gasteiger partial charge in [-0.25, -0.2) is 5.32 Å². The molecule has 1 unspecified atom stereocenters. The third-order valence-electron chi connectivity index (χ3n) is 5.69. The summed E-state index contributed by atoms with van der Waals surface area (Å²) in [5, 5.41) is 4.35. The molecule has 0 spiro atoms. The molecule has 1 fully saturated rings. The minimum absolute atomic E-state index is 0.0454. The molecule has 0 aromatic heterocycles. The van der Waals surface area contributed by atoms with Crippen LogP contribution in [0.25, 0.3) is 0 Å². The lowest BCUT2D eigenvalue weighted by molar-refractivity contribution is -0.152. The second kappa shape index (κ2) is 18.8. The molecule has 3 nitrogen and oxygen atoms in total. The van der Waals surface area contributed by atoms with E-state index < -0.39 is 0 Å². The van der Waals surface area contributed by atoms with Gasteiger partial charge in [0.25, 0.3) is 0 Å². The van der Waals surface area contributed by atoms with E-state index in [1.165, 1.54) is 89.9 Å². The van der Waals surface area contributed by atoms with E-state index in [0.29, 0.717) is 6.42 Å². The van der Waals surface area contributed by atoms with E-state index in [-0.39, 0.29) is 12.2 Å². The van der Waals surface area contributed by atoms with Crippen molar-refractivity contribution in [2.75, 3.05) is 6.54 Å². The number of carbonyl (C=O) groups excluding carboxylic acids is 1. The van der Waals surface area contributed by atoms with Crippen LogP contribution in [0.2, 0.25) is 0 Å². The van der Waals surface area contributed by atoms with Crippen molar-refractivity contribution < 1.29 is 9.53 Å². The molecule has 0 saturated carbocycles. The predicted molar refractivity (Wildman–Crippen MR) is 115 cm³/mol. The summed E-state index contributed by atoms with van der Waals surface area (Å²) in [6, 6.07) is 0. The van der Waals surface area contributed by atoms with Crippen molar-refractivity contribution in [2.45, 2.75) is 142 Å². The molecule has 1 atom stereocenters. The Morgan fingerprint density at radius 1 is 0.741 bits per heavy atom. The van der Waals surface area contributed by atoms with E-state index in [9.17, 15) is 4.79 Å². The Hall–Kier alpha value is -0.570. The topological polar surface area (TPSA) is 40.4 Å². The fraction of sp³-hybridized carbons (Fsp3) is 0.958. The molecule has 0 aromatic rings. The maximum atomic E-state index is 11.8. The van der Waals surface area contributed by atoms with Gasteiger partial charge in [-0.2, -0.15) is 0 Å². The Labute approximate surface area is 169 Å². The first-order chi connectivity index (χ1) is 13.3. The number of unbranched alkanes of at least 4 members (excludes halogenated alkanes) is 15. The number of rotatable bonds is 18. The van der Waals surface area contributed by atoms with Gasteiger partial charge in [0.05, 0.1) is 0 Å². The maximum absolute atomic E-state index is 11.8. The smallest absolute Gasteiger partial charge is 0.307 e. The van der Waals surface area contributed by atoms with Crippen molar-refractivity contribution in [2.24, 2.45) is 0 Å². The highest BCUT2D eigenvalue weighted by Crippen LogP contribution is 2.15. The molecule has 1 rings (SSSR count). The van der Waals surface area contributed by atoms with Crippen LogP contribution in [0.15, 0.2) is 0 Å². The SMILES string of the molecule is CCCCCCCCCCCCCCCCCCC(=O)OC1CCCC[N]1. The fourth-order valence-corrected chi connectivity index (χ4v) is 3.88. The lowest BCUT2D eigenvalue weighted by Crippen LogP contribution is -2.32. The number of hydrogen-bond donors (Lipinski definition) is 0. The van der Waals surface area contributed by atoms with Gasteiger partial charge < -0.3 is 4.74 Å². The molecule has 1 saturated heterocycles. The molecule has 0 aliphatic carbocycles. The molecule has 0 N–H and O–H groups in total. The molecule has 1 aliphatic rings. The third kappa shape index (κ3) is 16.1. The van der Waals surface area contributed by atoms with Crippen LogP contribution in [-0.4, -0.2) is 18.7 Å². The summed E-state index contributed by atoms with van der Waals surface area (Å²) in [6.07, 6.45) is 25.4. The Morgan fingerprint density at radius 3 is 1.67 bits per heavy atom. The van der Waals surface area contributed by atoms with E-state index in [4.69, 9.17) is 4.74 Å². The van der Waals surface area contributed by atoms with Crippen molar-refractivity contribution in [1.29, 1.82) is 0 Å². The Morgan fingerprint density at radius 2 is 1.22 bits per heavy atom. The first-order valence-corrected chi connectivity index (χ1v) is 12.2. The molecule has 1 heterocycles. The normalized spacial score (nSPS) is 17.1. The van der Waals surface area contributed by atoms with Gasteiger partial charge in [-0.15, -0.1) is 0 Å². The molecular formula is C24H46NO2. The van der Waals surface area contributed by atoms with Gasteiger partial charge in [0.1, 0.15) is 0 Å². The second-order valence-corrected chi connectivity index (χ2v) is 8.40. The molecule has 1 aliphatic heterocycles. The third-order valence-corrected chi connectivity index (χ3v) is 5.69. The molecule has 27 heavy (non-hydrogen) atoms. The first-order valence-electron chi connectivity index (χ1n) is 12.2. The predicted octanol–water partition coefficient (Wildman–Crippen LogP) is 7.30. The van der Waals surface area contributed by atoms with E-state index >= 15 is 0 Å². The summed E-state index contributed by atoms with van der Waals surface area (Å²) in [5.41, 5.74) is 0. The minimum atomic E-state index is -0.146. The molecular weight excluding hydrogens is 334 g/mol. The zero-order valence-corrected chi connectivity index (χ0v) is 18.2. The van der Waals surface area contributed by atoms with Gasteiger partial charge in [-0.1, -0.05) is 103 Å². The van der Waals surface area contributed by atoms with Gasteiger partial charge in [-0.3, -0.25) is 4.79 Å². The average molecular weight is 381 g/mol. The van der Waals surface area contributed by atoms with Crippen LogP contribution in [0.1, 0.15) is 135 Å². The fourth-order valence-electron chi connectivity index (χ4n) is 3.88. The van der Waals surface area contributed by atoms with Crippen LogP contribution in [0.4, 0.5) is 0 Å². The number of hydrogen-bond acceptors (Lipinski definition) is 2. The zero-order valence-electron chi connectivity index (χ0n) is 18.2. The van der Waals surface area contributed by atoms with Crippen molar-refractivity contribution in [3.05, 3.63) is 0 Å². The monoisotopic (exact) mass is 380 g/mol. The second-order valence-electron chi connectivity index (χ2n) is 8.40. The molecule has 1 radical (unpaired) electrons. The van der Waals surface area contributed by atoms with Gasteiger partial charge >= 0.3 is 5.97 Å². The lowest BCUT2D eigenvalue weighted by Gasteiger charge is -2.21. The van der Waals surface area contributed by atoms with Gasteiger partial charge in [0.15, 0.2) is 6.23 Å². The van der Waals surface area contributed by atoms with E-state index in [1.54, 1.807) is 0 Å². The standard InChI is InChI=1S/C24H46NO2/c1-2-3-4-5-6-7-8-9-10-11-12-13-14-15-16-17-21-24(26)27-23-20-18-19-22-25-23/h23H,2-22H2,1H3. The zero-order chi connectivity index (χ0) is 19.4.